The Balaban J connectivity index is 2.89. The number of thioether (sulfide) groups is 1. The number of hydrogen-bond donors (Lipinski definition) is 0. The SMILES string of the molecule is C/C=C/CC1(C(=O)OCC)SCCCC1=O. The number of hydrogen-bond acceptors (Lipinski definition) is 4. The second-order valence-corrected chi connectivity index (χ2v) is 5.09. The second kappa shape index (κ2) is 6.09. The number of carbonyl (C=O) groups is 2. The van der Waals surface area contributed by atoms with Crippen LogP contribution in [0.2, 0.25) is 0 Å². The molecule has 0 aromatic carbocycles. The second-order valence-electron chi connectivity index (χ2n) is 3.70. The third-order valence-corrected chi connectivity index (χ3v) is 4.14. The van der Waals surface area contributed by atoms with Crippen LogP contribution in [0.1, 0.15) is 33.1 Å². The smallest absolute Gasteiger partial charge is 0.330 e. The van der Waals surface area contributed by atoms with Crippen LogP contribution >= 0.6 is 11.8 Å². The number of allylic oxidation sites excluding steroid dienone is 2. The van der Waals surface area contributed by atoms with Gasteiger partial charge in [0.1, 0.15) is 0 Å². The molecule has 0 spiro atoms. The topological polar surface area (TPSA) is 43.4 Å². The molecule has 4 heteroatoms. The Morgan fingerprint density at radius 2 is 2.38 bits per heavy atom. The minimum atomic E-state index is -0.971. The monoisotopic (exact) mass is 242 g/mol. The van der Waals surface area contributed by atoms with E-state index in [1.807, 2.05) is 19.1 Å². The van der Waals surface area contributed by atoms with E-state index in [0.29, 0.717) is 19.4 Å². The summed E-state index contributed by atoms with van der Waals surface area (Å²) in [5.74, 6) is 0.491. The van der Waals surface area contributed by atoms with Crippen LogP contribution in [0.4, 0.5) is 0 Å². The number of rotatable bonds is 4. The lowest BCUT2D eigenvalue weighted by atomic mass is 9.95. The Hall–Kier alpha value is -0.770. The Bertz CT molecular complexity index is 299. The van der Waals surface area contributed by atoms with Crippen molar-refractivity contribution in [3.63, 3.8) is 0 Å². The molecule has 0 N–H and O–H groups in total. The molecule has 3 nitrogen and oxygen atoms in total. The van der Waals surface area contributed by atoms with Gasteiger partial charge in [-0.05, 0) is 32.4 Å². The maximum Gasteiger partial charge on any atom is 0.330 e. The van der Waals surface area contributed by atoms with Crippen molar-refractivity contribution in [1.82, 2.24) is 0 Å². The maximum atomic E-state index is 12.0. The summed E-state index contributed by atoms with van der Waals surface area (Å²) in [5, 5.41) is 0. The van der Waals surface area contributed by atoms with E-state index in [9.17, 15) is 9.59 Å². The van der Waals surface area contributed by atoms with Crippen molar-refractivity contribution in [2.45, 2.75) is 37.9 Å². The van der Waals surface area contributed by atoms with Gasteiger partial charge in [0, 0.05) is 6.42 Å². The van der Waals surface area contributed by atoms with E-state index < -0.39 is 4.75 Å². The zero-order chi connectivity index (χ0) is 12.0. The van der Waals surface area contributed by atoms with E-state index in [-0.39, 0.29) is 11.8 Å². The van der Waals surface area contributed by atoms with Crippen LogP contribution < -0.4 is 0 Å². The molecule has 1 saturated heterocycles. The Morgan fingerprint density at radius 3 is 2.94 bits per heavy atom. The van der Waals surface area contributed by atoms with Crippen LogP contribution in [0.5, 0.6) is 0 Å². The van der Waals surface area contributed by atoms with Gasteiger partial charge in [-0.2, -0.15) is 0 Å². The molecule has 16 heavy (non-hydrogen) atoms. The normalized spacial score (nSPS) is 26.0. The molecule has 0 bridgehead atoms. The number of carbonyl (C=O) groups excluding carboxylic acids is 2. The van der Waals surface area contributed by atoms with Crippen molar-refractivity contribution >= 4 is 23.5 Å². The predicted molar refractivity (Wildman–Crippen MR) is 65.5 cm³/mol. The number of Topliss-reactive ketones (excluding diaryl/α,β-unsaturated/α-hetero) is 1. The van der Waals surface area contributed by atoms with Crippen molar-refractivity contribution in [1.29, 1.82) is 0 Å². The van der Waals surface area contributed by atoms with E-state index in [1.165, 1.54) is 11.8 Å². The molecular weight excluding hydrogens is 224 g/mol. The highest BCUT2D eigenvalue weighted by Gasteiger charge is 2.47. The first-order valence-electron chi connectivity index (χ1n) is 5.63. The van der Waals surface area contributed by atoms with Gasteiger partial charge in [0.25, 0.3) is 0 Å². The summed E-state index contributed by atoms with van der Waals surface area (Å²) in [5.41, 5.74) is 0. The van der Waals surface area contributed by atoms with Gasteiger partial charge in [-0.25, -0.2) is 0 Å². The summed E-state index contributed by atoms with van der Waals surface area (Å²) in [6, 6.07) is 0. The Morgan fingerprint density at radius 1 is 1.62 bits per heavy atom. The van der Waals surface area contributed by atoms with Crippen LogP contribution in [0.3, 0.4) is 0 Å². The maximum absolute atomic E-state index is 12.0. The molecule has 1 atom stereocenters. The Labute approximate surface area is 101 Å². The van der Waals surface area contributed by atoms with E-state index in [4.69, 9.17) is 4.74 Å². The van der Waals surface area contributed by atoms with Gasteiger partial charge in [0.2, 0.25) is 0 Å². The first-order valence-corrected chi connectivity index (χ1v) is 6.61. The fourth-order valence-electron chi connectivity index (χ4n) is 1.72. The largest absolute Gasteiger partial charge is 0.465 e. The van der Waals surface area contributed by atoms with Crippen molar-refractivity contribution in [2.75, 3.05) is 12.4 Å². The summed E-state index contributed by atoms with van der Waals surface area (Å²) in [6.45, 7) is 3.97. The molecule has 0 amide bonds. The van der Waals surface area contributed by atoms with Gasteiger partial charge in [-0.1, -0.05) is 12.2 Å². The van der Waals surface area contributed by atoms with Gasteiger partial charge >= 0.3 is 5.97 Å². The molecule has 0 radical (unpaired) electrons. The molecule has 0 aromatic rings. The zero-order valence-electron chi connectivity index (χ0n) is 9.82. The van der Waals surface area contributed by atoms with E-state index in [2.05, 4.69) is 0 Å². The van der Waals surface area contributed by atoms with Gasteiger partial charge < -0.3 is 4.74 Å². The summed E-state index contributed by atoms with van der Waals surface area (Å²) in [7, 11) is 0. The minimum absolute atomic E-state index is 0.0142. The molecule has 0 saturated carbocycles. The van der Waals surface area contributed by atoms with E-state index in [1.54, 1.807) is 6.92 Å². The lowest BCUT2D eigenvalue weighted by molar-refractivity contribution is -0.149. The summed E-state index contributed by atoms with van der Waals surface area (Å²) in [4.78, 5) is 23.9. The van der Waals surface area contributed by atoms with Crippen LogP contribution in [0.15, 0.2) is 12.2 Å². The fraction of sp³-hybridized carbons (Fsp3) is 0.667. The summed E-state index contributed by atoms with van der Waals surface area (Å²) in [6.07, 6.45) is 5.53. The van der Waals surface area contributed by atoms with Crippen LogP contribution in [0.25, 0.3) is 0 Å². The van der Waals surface area contributed by atoms with Crippen LogP contribution in [-0.2, 0) is 14.3 Å². The number of ether oxygens (including phenoxy) is 1. The highest BCUT2D eigenvalue weighted by molar-refractivity contribution is 8.02. The van der Waals surface area contributed by atoms with Gasteiger partial charge in [0.15, 0.2) is 10.5 Å². The highest BCUT2D eigenvalue weighted by Crippen LogP contribution is 2.38. The van der Waals surface area contributed by atoms with Crippen molar-refractivity contribution < 1.29 is 14.3 Å². The summed E-state index contributed by atoms with van der Waals surface area (Å²) < 4.78 is 4.07. The van der Waals surface area contributed by atoms with Gasteiger partial charge in [-0.3, -0.25) is 9.59 Å². The average Bonchev–Trinajstić information content (AvgIpc) is 2.28. The molecule has 90 valence electrons. The highest BCUT2D eigenvalue weighted by atomic mass is 32.2. The molecule has 1 fully saturated rings. The third kappa shape index (κ3) is 2.67. The van der Waals surface area contributed by atoms with Crippen LogP contribution in [0, 0.1) is 0 Å². The van der Waals surface area contributed by atoms with Crippen molar-refractivity contribution in [3.05, 3.63) is 12.2 Å². The van der Waals surface area contributed by atoms with Crippen molar-refractivity contribution in [3.8, 4) is 0 Å². The summed E-state index contributed by atoms with van der Waals surface area (Å²) >= 11 is 1.43. The first-order chi connectivity index (χ1) is 7.67. The number of esters is 1. The average molecular weight is 242 g/mol. The molecule has 1 aliphatic rings. The Kier molecular flexibility index (Phi) is 5.06. The molecule has 0 aromatic heterocycles. The molecule has 0 aliphatic carbocycles. The van der Waals surface area contributed by atoms with E-state index >= 15 is 0 Å². The number of ketones is 1. The first kappa shape index (κ1) is 13.3. The predicted octanol–water partition coefficient (Wildman–Crippen LogP) is 2.35. The van der Waals surface area contributed by atoms with Crippen molar-refractivity contribution in [2.24, 2.45) is 0 Å². The van der Waals surface area contributed by atoms with Crippen LogP contribution in [-0.4, -0.2) is 28.9 Å². The molecule has 1 rings (SSSR count). The lowest BCUT2D eigenvalue weighted by Crippen LogP contribution is -2.46. The van der Waals surface area contributed by atoms with Gasteiger partial charge in [0.05, 0.1) is 6.61 Å². The quantitative estimate of drug-likeness (QED) is 0.431. The zero-order valence-corrected chi connectivity index (χ0v) is 10.6. The van der Waals surface area contributed by atoms with E-state index in [0.717, 1.165) is 12.2 Å². The van der Waals surface area contributed by atoms with Gasteiger partial charge in [-0.15, -0.1) is 11.8 Å². The standard InChI is InChI=1S/C12H18O3S/c1-3-5-8-12(11(14)15-4-2)10(13)7-6-9-16-12/h3,5H,4,6-9H2,1-2H3/b5-3+. The fourth-order valence-corrected chi connectivity index (χ4v) is 3.01. The molecule has 1 unspecified atom stereocenters. The molecule has 1 aliphatic heterocycles. The lowest BCUT2D eigenvalue weighted by Gasteiger charge is -2.31. The minimum Gasteiger partial charge on any atom is -0.465 e. The molecular formula is C12H18O3S. The molecule has 1 heterocycles. The third-order valence-electron chi connectivity index (χ3n) is 2.59.